The van der Waals surface area contributed by atoms with Gasteiger partial charge in [-0.25, -0.2) is 0 Å². The third-order valence-electron chi connectivity index (χ3n) is 2.96. The van der Waals surface area contributed by atoms with Crippen molar-refractivity contribution in [3.05, 3.63) is 41.7 Å². The Morgan fingerprint density at radius 2 is 2.06 bits per heavy atom. The second-order valence-electron chi connectivity index (χ2n) is 4.18. The standard InChI is InChI=1S/C14H18O2/c1-2-3-4-7-11-10-16-14(15)13-9-6-5-8-12(11)13/h5-6,8-10,14-15H,2-4,7H2,1H3. The summed E-state index contributed by atoms with van der Waals surface area (Å²) in [6.45, 7) is 2.20. The number of rotatable bonds is 4. The molecule has 2 heteroatoms. The second-order valence-corrected chi connectivity index (χ2v) is 4.18. The second kappa shape index (κ2) is 5.17. The molecule has 86 valence electrons. The first-order valence-electron chi connectivity index (χ1n) is 5.94. The SMILES string of the molecule is CCCCCC1=COC(O)c2ccccc21. The molecule has 1 unspecified atom stereocenters. The average Bonchev–Trinajstić information content (AvgIpc) is 2.33. The van der Waals surface area contributed by atoms with Gasteiger partial charge in [0.2, 0.25) is 6.29 Å². The van der Waals surface area contributed by atoms with Crippen LogP contribution < -0.4 is 0 Å². The van der Waals surface area contributed by atoms with Crippen LogP contribution in [-0.2, 0) is 4.74 Å². The van der Waals surface area contributed by atoms with Crippen molar-refractivity contribution in [3.8, 4) is 0 Å². The minimum absolute atomic E-state index is 0.800. The van der Waals surface area contributed by atoms with Gasteiger partial charge in [-0.1, -0.05) is 44.0 Å². The smallest absolute Gasteiger partial charge is 0.223 e. The van der Waals surface area contributed by atoms with E-state index >= 15 is 0 Å². The van der Waals surface area contributed by atoms with E-state index in [1.54, 1.807) is 6.26 Å². The molecule has 1 aliphatic rings. The van der Waals surface area contributed by atoms with Crippen LogP contribution in [0.3, 0.4) is 0 Å². The lowest BCUT2D eigenvalue weighted by molar-refractivity contribution is -0.0563. The molecular formula is C14H18O2. The van der Waals surface area contributed by atoms with Gasteiger partial charge in [0.1, 0.15) is 0 Å². The third kappa shape index (κ3) is 2.27. The van der Waals surface area contributed by atoms with E-state index < -0.39 is 6.29 Å². The number of unbranched alkanes of at least 4 members (excludes halogenated alkanes) is 2. The van der Waals surface area contributed by atoms with Gasteiger partial charge in [-0.05, 0) is 24.0 Å². The molecule has 0 fully saturated rings. The first-order chi connectivity index (χ1) is 7.83. The molecule has 0 saturated carbocycles. The minimum Gasteiger partial charge on any atom is -0.468 e. The van der Waals surface area contributed by atoms with Crippen molar-refractivity contribution in [2.45, 2.75) is 38.9 Å². The molecule has 16 heavy (non-hydrogen) atoms. The van der Waals surface area contributed by atoms with Crippen LogP contribution in [-0.4, -0.2) is 5.11 Å². The zero-order valence-corrected chi connectivity index (χ0v) is 9.65. The zero-order valence-electron chi connectivity index (χ0n) is 9.65. The molecular weight excluding hydrogens is 200 g/mol. The van der Waals surface area contributed by atoms with Crippen LogP contribution in [0.5, 0.6) is 0 Å². The van der Waals surface area contributed by atoms with Gasteiger partial charge >= 0.3 is 0 Å². The van der Waals surface area contributed by atoms with E-state index in [1.807, 2.05) is 18.2 Å². The predicted octanol–water partition coefficient (Wildman–Crippen LogP) is 3.63. The molecule has 0 saturated heterocycles. The fraction of sp³-hybridized carbons (Fsp3) is 0.429. The lowest BCUT2D eigenvalue weighted by Gasteiger charge is -2.22. The first-order valence-corrected chi connectivity index (χ1v) is 5.94. The van der Waals surface area contributed by atoms with E-state index in [1.165, 1.54) is 24.8 Å². The van der Waals surface area contributed by atoms with E-state index in [0.717, 1.165) is 17.5 Å². The molecule has 0 radical (unpaired) electrons. The molecule has 1 heterocycles. The number of fused-ring (bicyclic) bond motifs is 1. The molecule has 0 aliphatic carbocycles. The highest BCUT2D eigenvalue weighted by Crippen LogP contribution is 2.33. The Balaban J connectivity index is 2.15. The van der Waals surface area contributed by atoms with E-state index in [9.17, 15) is 5.11 Å². The molecule has 2 rings (SSSR count). The number of benzene rings is 1. The van der Waals surface area contributed by atoms with Gasteiger partial charge in [-0.15, -0.1) is 0 Å². The first kappa shape index (κ1) is 11.2. The number of aliphatic hydroxyl groups is 1. The molecule has 1 aliphatic heterocycles. The van der Waals surface area contributed by atoms with Crippen molar-refractivity contribution in [2.24, 2.45) is 0 Å². The fourth-order valence-electron chi connectivity index (χ4n) is 2.05. The van der Waals surface area contributed by atoms with Crippen LogP contribution in [0.15, 0.2) is 30.5 Å². The number of aliphatic hydroxyl groups excluding tert-OH is 1. The Kier molecular flexibility index (Phi) is 3.62. The highest BCUT2D eigenvalue weighted by Gasteiger charge is 2.19. The van der Waals surface area contributed by atoms with Gasteiger partial charge in [-0.2, -0.15) is 0 Å². The van der Waals surface area contributed by atoms with Gasteiger partial charge in [0.25, 0.3) is 0 Å². The molecule has 2 nitrogen and oxygen atoms in total. The Morgan fingerprint density at radius 3 is 2.88 bits per heavy atom. The number of hydrogen-bond acceptors (Lipinski definition) is 2. The van der Waals surface area contributed by atoms with Crippen LogP contribution in [0, 0.1) is 0 Å². The van der Waals surface area contributed by atoms with Crippen molar-refractivity contribution < 1.29 is 9.84 Å². The van der Waals surface area contributed by atoms with Crippen molar-refractivity contribution in [1.82, 2.24) is 0 Å². The van der Waals surface area contributed by atoms with Crippen molar-refractivity contribution in [2.75, 3.05) is 0 Å². The van der Waals surface area contributed by atoms with E-state index in [2.05, 4.69) is 13.0 Å². The normalized spacial score (nSPS) is 18.6. The minimum atomic E-state index is -0.800. The number of allylic oxidation sites excluding steroid dienone is 1. The summed E-state index contributed by atoms with van der Waals surface area (Å²) in [4.78, 5) is 0. The Hall–Kier alpha value is -1.28. The third-order valence-corrected chi connectivity index (χ3v) is 2.96. The van der Waals surface area contributed by atoms with E-state index in [4.69, 9.17) is 4.74 Å². The maximum atomic E-state index is 9.68. The van der Waals surface area contributed by atoms with E-state index in [-0.39, 0.29) is 0 Å². The predicted molar refractivity (Wildman–Crippen MR) is 64.6 cm³/mol. The van der Waals surface area contributed by atoms with Crippen LogP contribution >= 0.6 is 0 Å². The van der Waals surface area contributed by atoms with Gasteiger partial charge < -0.3 is 9.84 Å². The maximum absolute atomic E-state index is 9.68. The van der Waals surface area contributed by atoms with Crippen molar-refractivity contribution in [3.63, 3.8) is 0 Å². The summed E-state index contributed by atoms with van der Waals surface area (Å²) < 4.78 is 5.24. The largest absolute Gasteiger partial charge is 0.468 e. The molecule has 1 atom stereocenters. The zero-order chi connectivity index (χ0) is 11.4. The molecule has 0 spiro atoms. The molecule has 0 amide bonds. The topological polar surface area (TPSA) is 29.5 Å². The summed E-state index contributed by atoms with van der Waals surface area (Å²) in [6.07, 6.45) is 5.57. The molecule has 1 aromatic rings. The monoisotopic (exact) mass is 218 g/mol. The molecule has 0 aromatic heterocycles. The summed E-state index contributed by atoms with van der Waals surface area (Å²) >= 11 is 0. The molecule has 1 N–H and O–H groups in total. The highest BCUT2D eigenvalue weighted by molar-refractivity contribution is 5.68. The maximum Gasteiger partial charge on any atom is 0.223 e. The average molecular weight is 218 g/mol. The molecule has 0 bridgehead atoms. The lowest BCUT2D eigenvalue weighted by Crippen LogP contribution is -2.08. The Labute approximate surface area is 96.6 Å². The van der Waals surface area contributed by atoms with Crippen molar-refractivity contribution >= 4 is 5.57 Å². The Bertz CT molecular complexity index is 382. The molecule has 1 aromatic carbocycles. The van der Waals surface area contributed by atoms with Gasteiger partial charge in [-0.3, -0.25) is 0 Å². The van der Waals surface area contributed by atoms with Gasteiger partial charge in [0, 0.05) is 5.56 Å². The van der Waals surface area contributed by atoms with Gasteiger partial charge in [0.05, 0.1) is 6.26 Å². The van der Waals surface area contributed by atoms with Crippen LogP contribution in [0.1, 0.15) is 50.0 Å². The van der Waals surface area contributed by atoms with Gasteiger partial charge in [0.15, 0.2) is 0 Å². The summed E-state index contributed by atoms with van der Waals surface area (Å²) in [5, 5.41) is 9.68. The van der Waals surface area contributed by atoms with Crippen LogP contribution in [0.4, 0.5) is 0 Å². The summed E-state index contributed by atoms with van der Waals surface area (Å²) in [7, 11) is 0. The van der Waals surface area contributed by atoms with E-state index in [0.29, 0.717) is 0 Å². The summed E-state index contributed by atoms with van der Waals surface area (Å²) in [5.41, 5.74) is 3.23. The lowest BCUT2D eigenvalue weighted by atomic mass is 9.94. The highest BCUT2D eigenvalue weighted by atomic mass is 16.6. The van der Waals surface area contributed by atoms with Crippen molar-refractivity contribution in [1.29, 1.82) is 0 Å². The number of ether oxygens (including phenoxy) is 1. The summed E-state index contributed by atoms with van der Waals surface area (Å²) in [5.74, 6) is 0. The van der Waals surface area contributed by atoms with Crippen LogP contribution in [0.25, 0.3) is 5.57 Å². The van der Waals surface area contributed by atoms with Crippen LogP contribution in [0.2, 0.25) is 0 Å². The number of hydrogen-bond donors (Lipinski definition) is 1. The Morgan fingerprint density at radius 1 is 1.25 bits per heavy atom. The summed E-state index contributed by atoms with van der Waals surface area (Å²) in [6, 6.07) is 7.91. The fourth-order valence-corrected chi connectivity index (χ4v) is 2.05. The quantitative estimate of drug-likeness (QED) is 0.782.